The monoisotopic (exact) mass is 242 g/mol. The van der Waals surface area contributed by atoms with Crippen LogP contribution in [0.1, 0.15) is 62.7 Å². The summed E-state index contributed by atoms with van der Waals surface area (Å²) in [6, 6.07) is 6.07. The van der Waals surface area contributed by atoms with Gasteiger partial charge in [-0.25, -0.2) is 8.78 Å². The molecule has 0 saturated heterocycles. The third-order valence-corrected chi connectivity index (χ3v) is 2.88. The molecule has 3 heteroatoms. The van der Waals surface area contributed by atoms with Gasteiger partial charge in [0.2, 0.25) is 0 Å². The molecule has 0 spiro atoms. The number of aliphatic hydroxyl groups is 1. The number of alkyl halides is 2. The summed E-state index contributed by atoms with van der Waals surface area (Å²) in [6.07, 6.45) is 1.89. The van der Waals surface area contributed by atoms with Gasteiger partial charge in [0.1, 0.15) is 0 Å². The van der Waals surface area contributed by atoms with Gasteiger partial charge in [-0.2, -0.15) is 0 Å². The van der Waals surface area contributed by atoms with Crippen LogP contribution in [-0.2, 0) is 0 Å². The van der Waals surface area contributed by atoms with Crippen LogP contribution in [-0.4, -0.2) is 5.11 Å². The second-order valence-corrected chi connectivity index (χ2v) is 4.34. The highest BCUT2D eigenvalue weighted by Gasteiger charge is 2.11. The molecule has 1 aromatic rings. The predicted molar refractivity (Wildman–Crippen MR) is 65.1 cm³/mol. The second-order valence-electron chi connectivity index (χ2n) is 4.34. The molecule has 96 valence electrons. The van der Waals surface area contributed by atoms with Crippen molar-refractivity contribution in [3.8, 4) is 0 Å². The molecule has 1 nitrogen and oxygen atoms in total. The molecule has 0 aliphatic carbocycles. The number of unbranched alkanes of at least 4 members (excludes halogenated alkanes) is 3. The molecule has 17 heavy (non-hydrogen) atoms. The zero-order valence-electron chi connectivity index (χ0n) is 10.2. The van der Waals surface area contributed by atoms with Crippen LogP contribution < -0.4 is 0 Å². The Kier molecular flexibility index (Phi) is 6.12. The summed E-state index contributed by atoms with van der Waals surface area (Å²) in [5.41, 5.74) is 0.578. The van der Waals surface area contributed by atoms with E-state index in [0.29, 0.717) is 12.0 Å². The molecular formula is C14H20F2O. The van der Waals surface area contributed by atoms with Crippen LogP contribution in [0.25, 0.3) is 0 Å². The Morgan fingerprint density at radius 3 is 2.47 bits per heavy atom. The fourth-order valence-electron chi connectivity index (χ4n) is 1.83. The van der Waals surface area contributed by atoms with Crippen molar-refractivity contribution in [2.45, 2.75) is 51.6 Å². The molecule has 0 aliphatic rings. The van der Waals surface area contributed by atoms with Crippen LogP contribution in [0.4, 0.5) is 8.78 Å². The molecule has 0 bridgehead atoms. The van der Waals surface area contributed by atoms with Crippen LogP contribution >= 0.6 is 0 Å². The van der Waals surface area contributed by atoms with Crippen molar-refractivity contribution in [2.75, 3.05) is 0 Å². The fourth-order valence-corrected chi connectivity index (χ4v) is 1.83. The first-order valence-corrected chi connectivity index (χ1v) is 6.21. The molecule has 1 unspecified atom stereocenters. The average Bonchev–Trinajstić information content (AvgIpc) is 2.34. The van der Waals surface area contributed by atoms with Gasteiger partial charge in [0, 0.05) is 5.56 Å². The van der Waals surface area contributed by atoms with Gasteiger partial charge < -0.3 is 5.11 Å². The van der Waals surface area contributed by atoms with Crippen LogP contribution in [0.15, 0.2) is 24.3 Å². The lowest BCUT2D eigenvalue weighted by Crippen LogP contribution is -1.98. The first kappa shape index (κ1) is 14.1. The van der Waals surface area contributed by atoms with E-state index >= 15 is 0 Å². The normalized spacial score (nSPS) is 13.0. The molecule has 1 N–H and O–H groups in total. The Hall–Kier alpha value is -0.960. The topological polar surface area (TPSA) is 20.2 Å². The van der Waals surface area contributed by atoms with Gasteiger partial charge in [0.05, 0.1) is 6.10 Å². The van der Waals surface area contributed by atoms with Crippen LogP contribution in [0.5, 0.6) is 0 Å². The molecule has 1 aromatic carbocycles. The minimum absolute atomic E-state index is 0.0184. The second kappa shape index (κ2) is 7.38. The number of benzene rings is 1. The third kappa shape index (κ3) is 4.82. The third-order valence-electron chi connectivity index (χ3n) is 2.88. The maximum atomic E-state index is 12.5. The minimum Gasteiger partial charge on any atom is -0.388 e. The highest BCUT2D eigenvalue weighted by atomic mass is 19.3. The smallest absolute Gasteiger partial charge is 0.263 e. The van der Waals surface area contributed by atoms with Crippen molar-refractivity contribution in [1.29, 1.82) is 0 Å². The SMILES string of the molecule is CCCCCCC(O)c1cccc(C(F)F)c1. The standard InChI is InChI=1S/C14H20F2O/c1-2-3-4-5-9-13(17)11-7-6-8-12(10-11)14(15)16/h6-8,10,13-14,17H,2-5,9H2,1H3. The molecule has 0 aromatic heterocycles. The average molecular weight is 242 g/mol. The quantitative estimate of drug-likeness (QED) is 0.691. The fraction of sp³-hybridized carbons (Fsp3) is 0.571. The van der Waals surface area contributed by atoms with Crippen molar-refractivity contribution in [1.82, 2.24) is 0 Å². The van der Waals surface area contributed by atoms with E-state index in [2.05, 4.69) is 6.92 Å². The number of rotatable bonds is 7. The lowest BCUT2D eigenvalue weighted by atomic mass is 10.0. The van der Waals surface area contributed by atoms with Crippen molar-refractivity contribution in [2.24, 2.45) is 0 Å². The molecule has 0 heterocycles. The Morgan fingerprint density at radius 1 is 1.12 bits per heavy atom. The van der Waals surface area contributed by atoms with E-state index in [1.54, 1.807) is 12.1 Å². The summed E-state index contributed by atoms with van der Waals surface area (Å²) in [4.78, 5) is 0. The maximum absolute atomic E-state index is 12.5. The zero-order valence-corrected chi connectivity index (χ0v) is 10.2. The largest absolute Gasteiger partial charge is 0.388 e. The van der Waals surface area contributed by atoms with Gasteiger partial charge >= 0.3 is 0 Å². The molecule has 0 aliphatic heterocycles. The number of hydrogen-bond acceptors (Lipinski definition) is 1. The van der Waals surface area contributed by atoms with E-state index in [9.17, 15) is 13.9 Å². The van der Waals surface area contributed by atoms with E-state index in [1.165, 1.54) is 12.1 Å². The molecule has 0 fully saturated rings. The first-order valence-electron chi connectivity index (χ1n) is 6.21. The molecule has 0 amide bonds. The van der Waals surface area contributed by atoms with E-state index in [-0.39, 0.29) is 5.56 Å². The Labute approximate surface area is 101 Å². The van der Waals surface area contributed by atoms with Crippen LogP contribution in [0.3, 0.4) is 0 Å². The van der Waals surface area contributed by atoms with Crippen molar-refractivity contribution in [3.63, 3.8) is 0 Å². The van der Waals surface area contributed by atoms with E-state index in [4.69, 9.17) is 0 Å². The summed E-state index contributed by atoms with van der Waals surface area (Å²) < 4.78 is 25.0. The van der Waals surface area contributed by atoms with Crippen molar-refractivity contribution >= 4 is 0 Å². The van der Waals surface area contributed by atoms with Crippen LogP contribution in [0, 0.1) is 0 Å². The van der Waals surface area contributed by atoms with E-state index in [1.807, 2.05) is 0 Å². The Morgan fingerprint density at radius 2 is 1.82 bits per heavy atom. The lowest BCUT2D eigenvalue weighted by Gasteiger charge is -2.12. The molecule has 0 radical (unpaired) electrons. The van der Waals surface area contributed by atoms with Gasteiger partial charge in [0.25, 0.3) is 6.43 Å². The minimum atomic E-state index is -2.47. The highest BCUT2D eigenvalue weighted by molar-refractivity contribution is 5.25. The Bertz CT molecular complexity index is 326. The van der Waals surface area contributed by atoms with Gasteiger partial charge in [-0.1, -0.05) is 50.8 Å². The highest BCUT2D eigenvalue weighted by Crippen LogP contribution is 2.25. The summed E-state index contributed by atoms with van der Waals surface area (Å²) in [5, 5.41) is 9.88. The molecular weight excluding hydrogens is 222 g/mol. The number of hydrogen-bond donors (Lipinski definition) is 1. The Balaban J connectivity index is 2.50. The van der Waals surface area contributed by atoms with Gasteiger partial charge in [-0.15, -0.1) is 0 Å². The van der Waals surface area contributed by atoms with Gasteiger partial charge in [0.15, 0.2) is 0 Å². The van der Waals surface area contributed by atoms with E-state index in [0.717, 1.165) is 25.7 Å². The summed E-state index contributed by atoms with van der Waals surface area (Å²) in [5.74, 6) is 0. The number of aliphatic hydroxyl groups excluding tert-OH is 1. The van der Waals surface area contributed by atoms with Crippen molar-refractivity contribution in [3.05, 3.63) is 35.4 Å². The van der Waals surface area contributed by atoms with E-state index < -0.39 is 12.5 Å². The molecule has 1 atom stereocenters. The molecule has 1 rings (SSSR count). The molecule has 0 saturated carbocycles. The zero-order chi connectivity index (χ0) is 12.7. The predicted octanol–water partition coefficient (Wildman–Crippen LogP) is 4.63. The van der Waals surface area contributed by atoms with Gasteiger partial charge in [-0.05, 0) is 18.1 Å². The summed E-state index contributed by atoms with van der Waals surface area (Å²) in [7, 11) is 0. The maximum Gasteiger partial charge on any atom is 0.263 e. The lowest BCUT2D eigenvalue weighted by molar-refractivity contribution is 0.148. The number of halogens is 2. The first-order chi connectivity index (χ1) is 8.15. The summed E-state index contributed by atoms with van der Waals surface area (Å²) in [6.45, 7) is 2.13. The van der Waals surface area contributed by atoms with Crippen LogP contribution in [0.2, 0.25) is 0 Å². The van der Waals surface area contributed by atoms with Gasteiger partial charge in [-0.3, -0.25) is 0 Å². The van der Waals surface area contributed by atoms with Crippen molar-refractivity contribution < 1.29 is 13.9 Å². The summed E-state index contributed by atoms with van der Waals surface area (Å²) >= 11 is 0.